The maximum atomic E-state index is 12.1. The number of carbonyl (C=O) groups excluding carboxylic acids is 4. The summed E-state index contributed by atoms with van der Waals surface area (Å²) in [6.45, 7) is 6.60. The number of ketones is 1. The molecule has 0 saturated heterocycles. The number of hydrogen-bond donors (Lipinski definition) is 1. The Balaban J connectivity index is 2.47. The highest BCUT2D eigenvalue weighted by atomic mass is 32.2. The van der Waals surface area contributed by atoms with Gasteiger partial charge in [-0.1, -0.05) is 42.1 Å². The molecule has 142 valence electrons. The smallest absolute Gasteiger partial charge is 0.306 e. The number of nitrogens with one attached hydrogen (secondary N) is 1. The normalized spacial score (nSPS) is 12.2. The lowest BCUT2D eigenvalue weighted by atomic mass is 10.2. The molecule has 0 bridgehead atoms. The molecule has 1 unspecified atom stereocenters. The average molecular weight is 379 g/mol. The van der Waals surface area contributed by atoms with Crippen molar-refractivity contribution in [2.45, 2.75) is 52.2 Å². The van der Waals surface area contributed by atoms with E-state index in [0.29, 0.717) is 5.56 Å². The monoisotopic (exact) mass is 379 g/mol. The van der Waals surface area contributed by atoms with Crippen molar-refractivity contribution in [2.75, 3.05) is 5.75 Å². The lowest BCUT2D eigenvalue weighted by Gasteiger charge is -2.19. The molecule has 1 amide bonds. The largest absolute Gasteiger partial charge is 0.460 e. The molecule has 1 aromatic carbocycles. The third kappa shape index (κ3) is 8.80. The first-order chi connectivity index (χ1) is 12.1. The Hall–Kier alpha value is -2.15. The summed E-state index contributed by atoms with van der Waals surface area (Å²) in [7, 11) is 0. The number of thioether (sulfide) groups is 1. The molecule has 26 heavy (non-hydrogen) atoms. The summed E-state index contributed by atoms with van der Waals surface area (Å²) in [5.41, 5.74) is -0.0692. The predicted molar refractivity (Wildman–Crippen MR) is 101 cm³/mol. The molecule has 1 N–H and O–H groups in total. The van der Waals surface area contributed by atoms with E-state index in [9.17, 15) is 19.2 Å². The second kappa shape index (κ2) is 10.1. The number of esters is 1. The minimum atomic E-state index is -0.779. The van der Waals surface area contributed by atoms with E-state index in [1.807, 2.05) is 6.07 Å². The van der Waals surface area contributed by atoms with Crippen molar-refractivity contribution in [3.8, 4) is 0 Å². The molecule has 1 rings (SSSR count). The Morgan fingerprint density at radius 3 is 2.23 bits per heavy atom. The van der Waals surface area contributed by atoms with E-state index >= 15 is 0 Å². The van der Waals surface area contributed by atoms with Gasteiger partial charge in [-0.15, -0.1) is 0 Å². The second-order valence-electron chi connectivity index (χ2n) is 6.78. The maximum Gasteiger partial charge on any atom is 0.306 e. The zero-order chi connectivity index (χ0) is 19.7. The van der Waals surface area contributed by atoms with Crippen LogP contribution >= 0.6 is 11.8 Å². The van der Waals surface area contributed by atoms with Crippen molar-refractivity contribution in [3.63, 3.8) is 0 Å². The number of hydrogen-bond acceptors (Lipinski definition) is 6. The molecule has 0 aliphatic heterocycles. The molecule has 1 atom stereocenters. The minimum Gasteiger partial charge on any atom is -0.460 e. The number of amides is 1. The lowest BCUT2D eigenvalue weighted by molar-refractivity contribution is -0.155. The molecule has 0 spiro atoms. The molecule has 0 aliphatic rings. The van der Waals surface area contributed by atoms with Gasteiger partial charge in [0.1, 0.15) is 5.60 Å². The molecule has 7 heteroatoms. The molecular weight excluding hydrogens is 354 g/mol. The van der Waals surface area contributed by atoms with E-state index in [1.54, 1.807) is 45.0 Å². The van der Waals surface area contributed by atoms with Crippen molar-refractivity contribution in [2.24, 2.45) is 0 Å². The highest BCUT2D eigenvalue weighted by molar-refractivity contribution is 8.14. The van der Waals surface area contributed by atoms with Gasteiger partial charge in [-0.25, -0.2) is 0 Å². The first-order valence-electron chi connectivity index (χ1n) is 8.32. The molecule has 0 saturated carbocycles. The van der Waals surface area contributed by atoms with Gasteiger partial charge in [0.2, 0.25) is 11.0 Å². The van der Waals surface area contributed by atoms with Crippen LogP contribution in [0.25, 0.3) is 0 Å². The second-order valence-corrected chi connectivity index (χ2v) is 7.77. The maximum absolute atomic E-state index is 12.1. The van der Waals surface area contributed by atoms with Crippen molar-refractivity contribution in [1.82, 2.24) is 5.32 Å². The summed E-state index contributed by atoms with van der Waals surface area (Å²) in [6.07, 6.45) is -0.139. The van der Waals surface area contributed by atoms with Gasteiger partial charge >= 0.3 is 5.97 Å². The van der Waals surface area contributed by atoms with Crippen LogP contribution in [0.5, 0.6) is 0 Å². The molecule has 0 aromatic heterocycles. The van der Waals surface area contributed by atoms with Crippen LogP contribution in [0, 0.1) is 0 Å². The number of carbonyl (C=O) groups is 4. The molecule has 0 heterocycles. The van der Waals surface area contributed by atoms with Gasteiger partial charge < -0.3 is 10.1 Å². The van der Waals surface area contributed by atoms with Gasteiger partial charge in [-0.05, 0) is 27.7 Å². The van der Waals surface area contributed by atoms with E-state index in [0.717, 1.165) is 11.8 Å². The summed E-state index contributed by atoms with van der Waals surface area (Å²) in [4.78, 5) is 47.4. The summed E-state index contributed by atoms with van der Waals surface area (Å²) in [5, 5.41) is 2.41. The Kier molecular flexibility index (Phi) is 8.51. The van der Waals surface area contributed by atoms with Gasteiger partial charge in [0.25, 0.3) is 0 Å². The van der Waals surface area contributed by atoms with Crippen LogP contribution in [0.1, 0.15) is 50.9 Å². The van der Waals surface area contributed by atoms with E-state index in [-0.39, 0.29) is 29.5 Å². The highest BCUT2D eigenvalue weighted by Gasteiger charge is 2.21. The summed E-state index contributed by atoms with van der Waals surface area (Å²) < 4.78 is 5.13. The van der Waals surface area contributed by atoms with Gasteiger partial charge in [0.15, 0.2) is 5.78 Å². The predicted octanol–water partition coefficient (Wildman–Crippen LogP) is 2.76. The molecule has 6 nitrogen and oxygen atoms in total. The van der Waals surface area contributed by atoms with Crippen LogP contribution in [-0.2, 0) is 19.1 Å². The van der Waals surface area contributed by atoms with E-state index in [1.165, 1.54) is 6.92 Å². The van der Waals surface area contributed by atoms with Gasteiger partial charge in [0.05, 0.1) is 12.5 Å². The van der Waals surface area contributed by atoms with Crippen LogP contribution in [0.2, 0.25) is 0 Å². The number of benzene rings is 1. The molecule has 0 aliphatic carbocycles. The van der Waals surface area contributed by atoms with Crippen LogP contribution < -0.4 is 5.32 Å². The van der Waals surface area contributed by atoms with Gasteiger partial charge in [-0.2, -0.15) is 0 Å². The van der Waals surface area contributed by atoms with Crippen LogP contribution in [-0.4, -0.2) is 40.2 Å². The SMILES string of the molecule is CC(=O)C(CSC(=O)c1ccccc1)NC(=O)CCC(=O)OC(C)(C)C. The van der Waals surface area contributed by atoms with E-state index in [2.05, 4.69) is 5.32 Å². The van der Waals surface area contributed by atoms with Crippen molar-refractivity contribution in [1.29, 1.82) is 0 Å². The van der Waals surface area contributed by atoms with Gasteiger partial charge in [0, 0.05) is 17.7 Å². The number of ether oxygens (including phenoxy) is 1. The first kappa shape index (κ1) is 21.9. The average Bonchev–Trinajstić information content (AvgIpc) is 2.55. The summed E-state index contributed by atoms with van der Waals surface area (Å²) in [6, 6.07) is 7.93. The fourth-order valence-corrected chi connectivity index (χ4v) is 2.89. The Morgan fingerprint density at radius 2 is 1.69 bits per heavy atom. The highest BCUT2D eigenvalue weighted by Crippen LogP contribution is 2.14. The van der Waals surface area contributed by atoms with Crippen molar-refractivity contribution < 1.29 is 23.9 Å². The minimum absolute atomic E-state index is 0.0657. The van der Waals surface area contributed by atoms with Crippen LogP contribution in [0.3, 0.4) is 0 Å². The third-order valence-electron chi connectivity index (χ3n) is 3.19. The number of Topliss-reactive ketones (excluding diaryl/α,β-unsaturated/α-hetero) is 1. The molecule has 0 radical (unpaired) electrons. The topological polar surface area (TPSA) is 89.5 Å². The van der Waals surface area contributed by atoms with Crippen molar-refractivity contribution in [3.05, 3.63) is 35.9 Å². The van der Waals surface area contributed by atoms with Crippen molar-refractivity contribution >= 4 is 34.5 Å². The third-order valence-corrected chi connectivity index (χ3v) is 4.19. The Morgan fingerprint density at radius 1 is 1.08 bits per heavy atom. The zero-order valence-corrected chi connectivity index (χ0v) is 16.4. The Bertz CT molecular complexity index is 652. The van der Waals surface area contributed by atoms with Gasteiger partial charge in [-0.3, -0.25) is 19.2 Å². The standard InChI is InChI=1S/C19H25NO5S/c1-13(21)15(12-26-18(24)14-8-6-5-7-9-14)20-16(22)10-11-17(23)25-19(2,3)4/h5-9,15H,10-12H2,1-4H3,(H,20,22). The van der Waals surface area contributed by atoms with Crippen LogP contribution in [0.4, 0.5) is 0 Å². The van der Waals surface area contributed by atoms with Crippen LogP contribution in [0.15, 0.2) is 30.3 Å². The molecule has 1 aromatic rings. The quantitative estimate of drug-likeness (QED) is 0.699. The lowest BCUT2D eigenvalue weighted by Crippen LogP contribution is -2.42. The first-order valence-corrected chi connectivity index (χ1v) is 9.31. The summed E-state index contributed by atoms with van der Waals surface area (Å²) >= 11 is 0.974. The molecular formula is C19H25NO5S. The fourth-order valence-electron chi connectivity index (χ4n) is 1.95. The fraction of sp³-hybridized carbons (Fsp3) is 0.474. The number of rotatable bonds is 8. The van der Waals surface area contributed by atoms with E-state index in [4.69, 9.17) is 4.74 Å². The zero-order valence-electron chi connectivity index (χ0n) is 15.5. The Labute approximate surface area is 158 Å². The molecule has 0 fully saturated rings. The van der Waals surface area contributed by atoms with E-state index < -0.39 is 23.5 Å². The summed E-state index contributed by atoms with van der Waals surface area (Å²) in [5.74, 6) is -1.00.